The first-order valence-corrected chi connectivity index (χ1v) is 7.07. The van der Waals surface area contributed by atoms with Gasteiger partial charge < -0.3 is 5.32 Å². The van der Waals surface area contributed by atoms with E-state index in [-0.39, 0.29) is 6.04 Å². The van der Waals surface area contributed by atoms with Gasteiger partial charge >= 0.3 is 0 Å². The smallest absolute Gasteiger partial charge is 0.140 e. The summed E-state index contributed by atoms with van der Waals surface area (Å²) in [6.07, 6.45) is 4.64. The Kier molecular flexibility index (Phi) is 4.61. The van der Waals surface area contributed by atoms with Crippen LogP contribution in [0.25, 0.3) is 0 Å². The molecule has 0 saturated heterocycles. The minimum Gasteiger partial charge on any atom is -0.304 e. The van der Waals surface area contributed by atoms with Crippen LogP contribution in [0.15, 0.2) is 24.5 Å². The van der Waals surface area contributed by atoms with Crippen LogP contribution < -0.4 is 5.32 Å². The zero-order valence-corrected chi connectivity index (χ0v) is 11.9. The van der Waals surface area contributed by atoms with Crippen molar-refractivity contribution in [2.45, 2.75) is 32.9 Å². The molecular formula is C14H16N4S. The molecule has 2 rings (SSSR count). The first-order chi connectivity index (χ1) is 9.22. The topological polar surface area (TPSA) is 61.6 Å². The molecule has 19 heavy (non-hydrogen) atoms. The van der Waals surface area contributed by atoms with Gasteiger partial charge in [-0.05, 0) is 31.0 Å². The lowest BCUT2D eigenvalue weighted by Crippen LogP contribution is -2.18. The number of nitriles is 1. The molecular weight excluding hydrogens is 256 g/mol. The van der Waals surface area contributed by atoms with E-state index in [1.165, 1.54) is 4.88 Å². The Morgan fingerprint density at radius 1 is 1.47 bits per heavy atom. The molecule has 0 spiro atoms. The van der Waals surface area contributed by atoms with Crippen LogP contribution in [-0.4, -0.2) is 9.97 Å². The van der Waals surface area contributed by atoms with E-state index in [0.29, 0.717) is 12.2 Å². The highest BCUT2D eigenvalue weighted by atomic mass is 32.1. The SMILES string of the molecule is CCc1cnc(C(C)NCc2ccnc(C#N)c2)s1. The highest BCUT2D eigenvalue weighted by Gasteiger charge is 2.09. The molecule has 0 aliphatic rings. The monoisotopic (exact) mass is 272 g/mol. The lowest BCUT2D eigenvalue weighted by Gasteiger charge is -2.11. The summed E-state index contributed by atoms with van der Waals surface area (Å²) >= 11 is 1.75. The van der Waals surface area contributed by atoms with Crippen LogP contribution in [0.2, 0.25) is 0 Å². The van der Waals surface area contributed by atoms with Gasteiger partial charge in [0.1, 0.15) is 16.8 Å². The summed E-state index contributed by atoms with van der Waals surface area (Å²) in [5, 5.41) is 13.3. The molecule has 0 bridgehead atoms. The van der Waals surface area contributed by atoms with Gasteiger partial charge in [0.25, 0.3) is 0 Å². The molecule has 1 atom stereocenters. The summed E-state index contributed by atoms with van der Waals surface area (Å²) in [7, 11) is 0. The van der Waals surface area contributed by atoms with Gasteiger partial charge in [-0.15, -0.1) is 11.3 Å². The third kappa shape index (κ3) is 3.60. The summed E-state index contributed by atoms with van der Waals surface area (Å²) < 4.78 is 0. The molecule has 2 aromatic heterocycles. The second kappa shape index (κ2) is 6.41. The zero-order chi connectivity index (χ0) is 13.7. The minimum atomic E-state index is 0.212. The third-order valence-electron chi connectivity index (χ3n) is 2.84. The molecule has 0 saturated carbocycles. The lowest BCUT2D eigenvalue weighted by molar-refractivity contribution is 0.571. The Morgan fingerprint density at radius 3 is 3.00 bits per heavy atom. The highest BCUT2D eigenvalue weighted by Crippen LogP contribution is 2.20. The number of pyridine rings is 1. The molecule has 0 aliphatic heterocycles. The van der Waals surface area contributed by atoms with Crippen LogP contribution in [0.5, 0.6) is 0 Å². The van der Waals surface area contributed by atoms with Gasteiger partial charge in [-0.25, -0.2) is 9.97 Å². The number of thiazole rings is 1. The van der Waals surface area contributed by atoms with E-state index >= 15 is 0 Å². The molecule has 4 nitrogen and oxygen atoms in total. The Morgan fingerprint density at radius 2 is 2.32 bits per heavy atom. The largest absolute Gasteiger partial charge is 0.304 e. The molecule has 0 aromatic carbocycles. The Bertz CT molecular complexity index is 585. The third-order valence-corrected chi connectivity index (χ3v) is 4.17. The van der Waals surface area contributed by atoms with Crippen molar-refractivity contribution < 1.29 is 0 Å². The van der Waals surface area contributed by atoms with Crippen molar-refractivity contribution in [1.29, 1.82) is 5.26 Å². The Labute approximate surface area is 117 Å². The van der Waals surface area contributed by atoms with Crippen molar-refractivity contribution in [3.8, 4) is 6.07 Å². The molecule has 2 heterocycles. The van der Waals surface area contributed by atoms with Gasteiger partial charge in [0.2, 0.25) is 0 Å². The number of rotatable bonds is 5. The summed E-state index contributed by atoms with van der Waals surface area (Å²) in [5.41, 5.74) is 1.51. The fraction of sp³-hybridized carbons (Fsp3) is 0.357. The molecule has 0 fully saturated rings. The predicted octanol–water partition coefficient (Wildman–Crippen LogP) is 2.82. The maximum atomic E-state index is 8.81. The zero-order valence-electron chi connectivity index (χ0n) is 11.1. The molecule has 1 N–H and O–H groups in total. The molecule has 0 amide bonds. The number of nitrogens with zero attached hydrogens (tertiary/aromatic N) is 3. The van der Waals surface area contributed by atoms with Crippen molar-refractivity contribution >= 4 is 11.3 Å². The van der Waals surface area contributed by atoms with E-state index in [1.54, 1.807) is 23.6 Å². The van der Waals surface area contributed by atoms with Crippen molar-refractivity contribution in [1.82, 2.24) is 15.3 Å². The lowest BCUT2D eigenvalue weighted by atomic mass is 10.2. The second-order valence-electron chi connectivity index (χ2n) is 4.28. The van der Waals surface area contributed by atoms with Gasteiger partial charge in [-0.3, -0.25) is 0 Å². The standard InChI is InChI=1S/C14H16N4S/c1-3-13-9-18-14(19-13)10(2)17-8-11-4-5-16-12(6-11)7-15/h4-6,9-10,17H,3,8H2,1-2H3. The normalized spacial score (nSPS) is 12.1. The molecule has 0 radical (unpaired) electrons. The molecule has 98 valence electrons. The molecule has 5 heteroatoms. The molecule has 0 aliphatic carbocycles. The van der Waals surface area contributed by atoms with Gasteiger partial charge in [0.05, 0.1) is 6.04 Å². The number of hydrogen-bond acceptors (Lipinski definition) is 5. The molecule has 2 aromatic rings. The first kappa shape index (κ1) is 13.7. The fourth-order valence-electron chi connectivity index (χ4n) is 1.69. The maximum absolute atomic E-state index is 8.81. The van der Waals surface area contributed by atoms with Crippen LogP contribution in [0, 0.1) is 11.3 Å². The number of nitrogens with one attached hydrogen (secondary N) is 1. The average molecular weight is 272 g/mol. The summed E-state index contributed by atoms with van der Waals surface area (Å²) in [6, 6.07) is 5.98. The van der Waals surface area contributed by atoms with E-state index in [9.17, 15) is 0 Å². The van der Waals surface area contributed by atoms with Gasteiger partial charge in [-0.1, -0.05) is 6.92 Å². The van der Waals surface area contributed by atoms with E-state index in [0.717, 1.165) is 17.0 Å². The average Bonchev–Trinajstić information content (AvgIpc) is 2.94. The minimum absolute atomic E-state index is 0.212. The maximum Gasteiger partial charge on any atom is 0.140 e. The van der Waals surface area contributed by atoms with Crippen molar-refractivity contribution in [3.63, 3.8) is 0 Å². The number of aromatic nitrogens is 2. The highest BCUT2D eigenvalue weighted by molar-refractivity contribution is 7.11. The van der Waals surface area contributed by atoms with Gasteiger partial charge in [0.15, 0.2) is 0 Å². The van der Waals surface area contributed by atoms with E-state index < -0.39 is 0 Å². The first-order valence-electron chi connectivity index (χ1n) is 6.26. The summed E-state index contributed by atoms with van der Waals surface area (Å²) in [6.45, 7) is 4.94. The number of aryl methyl sites for hydroxylation is 1. The van der Waals surface area contributed by atoms with Crippen LogP contribution in [0.1, 0.15) is 41.0 Å². The summed E-state index contributed by atoms with van der Waals surface area (Å²) in [4.78, 5) is 9.69. The van der Waals surface area contributed by atoms with Crippen LogP contribution in [0.3, 0.4) is 0 Å². The van der Waals surface area contributed by atoms with E-state index in [1.807, 2.05) is 18.3 Å². The van der Waals surface area contributed by atoms with E-state index in [4.69, 9.17) is 5.26 Å². The van der Waals surface area contributed by atoms with Crippen molar-refractivity contribution in [2.24, 2.45) is 0 Å². The summed E-state index contributed by atoms with van der Waals surface area (Å²) in [5.74, 6) is 0. The van der Waals surface area contributed by atoms with Crippen LogP contribution >= 0.6 is 11.3 Å². The van der Waals surface area contributed by atoms with Crippen LogP contribution in [0.4, 0.5) is 0 Å². The fourth-order valence-corrected chi connectivity index (χ4v) is 2.57. The van der Waals surface area contributed by atoms with Gasteiger partial charge in [-0.2, -0.15) is 5.26 Å². The van der Waals surface area contributed by atoms with Crippen molar-refractivity contribution in [2.75, 3.05) is 0 Å². The van der Waals surface area contributed by atoms with E-state index in [2.05, 4.69) is 29.1 Å². The van der Waals surface area contributed by atoms with Gasteiger partial charge in [0, 0.05) is 23.8 Å². The number of hydrogen-bond donors (Lipinski definition) is 1. The second-order valence-corrected chi connectivity index (χ2v) is 5.43. The van der Waals surface area contributed by atoms with Crippen molar-refractivity contribution in [3.05, 3.63) is 45.7 Å². The van der Waals surface area contributed by atoms with Crippen LogP contribution in [-0.2, 0) is 13.0 Å². The Hall–Kier alpha value is -1.77. The molecule has 1 unspecified atom stereocenters. The predicted molar refractivity (Wildman–Crippen MR) is 75.7 cm³/mol. The Balaban J connectivity index is 1.96. The quantitative estimate of drug-likeness (QED) is 0.909.